The minimum absolute atomic E-state index is 0.129. The number of carboxylic acid groups (broad SMARTS) is 1. The third kappa shape index (κ3) is 1.74. The second-order valence-corrected chi connectivity index (χ2v) is 3.14. The fraction of sp³-hybridized carbons (Fsp3) is 0.222. The summed E-state index contributed by atoms with van der Waals surface area (Å²) in [6.07, 6.45) is -1.08. The molecule has 0 fully saturated rings. The first-order valence-electron chi connectivity index (χ1n) is 4.38. The van der Waals surface area contributed by atoms with Crippen LogP contribution in [0.15, 0.2) is 18.2 Å². The van der Waals surface area contributed by atoms with Crippen LogP contribution in [0.2, 0.25) is 0 Å². The van der Waals surface area contributed by atoms with Gasteiger partial charge in [0, 0.05) is 6.07 Å². The van der Waals surface area contributed by atoms with E-state index in [0.717, 1.165) is 0 Å². The second-order valence-electron chi connectivity index (χ2n) is 3.14. The van der Waals surface area contributed by atoms with Crippen molar-refractivity contribution in [3.05, 3.63) is 28.3 Å². The Morgan fingerprint density at radius 2 is 2.25 bits per heavy atom. The Kier molecular flexibility index (Phi) is 2.35. The summed E-state index contributed by atoms with van der Waals surface area (Å²) in [5, 5.41) is 19.2. The molecule has 0 radical (unpaired) electrons. The first-order valence-corrected chi connectivity index (χ1v) is 4.38. The Labute approximate surface area is 89.4 Å². The van der Waals surface area contributed by atoms with Crippen LogP contribution in [0.5, 0.6) is 11.5 Å². The molecule has 1 N–H and O–H groups in total. The number of rotatable bonds is 2. The van der Waals surface area contributed by atoms with E-state index < -0.39 is 17.0 Å². The van der Waals surface area contributed by atoms with Crippen molar-refractivity contribution in [3.63, 3.8) is 0 Å². The highest BCUT2D eigenvalue weighted by Gasteiger charge is 2.28. The molecule has 0 amide bonds. The average molecular weight is 225 g/mol. The molecule has 0 saturated carbocycles. The van der Waals surface area contributed by atoms with E-state index in [-0.39, 0.29) is 23.8 Å². The van der Waals surface area contributed by atoms with Crippen LogP contribution in [0.1, 0.15) is 0 Å². The van der Waals surface area contributed by atoms with Gasteiger partial charge in [0.1, 0.15) is 6.61 Å². The number of aliphatic carboxylic acids is 1. The van der Waals surface area contributed by atoms with Crippen LogP contribution >= 0.6 is 0 Å². The van der Waals surface area contributed by atoms with Crippen LogP contribution in [0, 0.1) is 10.1 Å². The van der Waals surface area contributed by atoms with Gasteiger partial charge in [0.2, 0.25) is 6.10 Å². The SMILES string of the molecule is O=C(O)C1COc2cc([N+](=O)[O-])ccc2O1. The number of carbonyl (C=O) groups is 1. The summed E-state index contributed by atoms with van der Waals surface area (Å²) in [5.41, 5.74) is -0.129. The van der Waals surface area contributed by atoms with Crippen molar-refractivity contribution in [1.29, 1.82) is 0 Å². The molecule has 1 aromatic carbocycles. The quantitative estimate of drug-likeness (QED) is 0.590. The van der Waals surface area contributed by atoms with Crippen LogP contribution in [0.3, 0.4) is 0 Å². The fourth-order valence-corrected chi connectivity index (χ4v) is 1.29. The van der Waals surface area contributed by atoms with Gasteiger partial charge in [0.15, 0.2) is 11.5 Å². The van der Waals surface area contributed by atoms with E-state index in [1.807, 2.05) is 0 Å². The molecular formula is C9H7NO6. The predicted molar refractivity (Wildman–Crippen MR) is 50.6 cm³/mol. The van der Waals surface area contributed by atoms with E-state index in [1.54, 1.807) is 0 Å². The van der Waals surface area contributed by atoms with Gasteiger partial charge in [-0.15, -0.1) is 0 Å². The molecule has 1 unspecified atom stereocenters. The Morgan fingerprint density at radius 3 is 2.88 bits per heavy atom. The highest BCUT2D eigenvalue weighted by molar-refractivity contribution is 5.73. The number of benzene rings is 1. The fourth-order valence-electron chi connectivity index (χ4n) is 1.29. The summed E-state index contributed by atoms with van der Waals surface area (Å²) in [6.45, 7) is -0.163. The first-order chi connectivity index (χ1) is 7.58. The molecule has 1 aromatic rings. The molecule has 2 rings (SSSR count). The van der Waals surface area contributed by atoms with Gasteiger partial charge in [-0.2, -0.15) is 0 Å². The van der Waals surface area contributed by atoms with Gasteiger partial charge in [-0.25, -0.2) is 4.79 Å². The number of carboxylic acids is 1. The van der Waals surface area contributed by atoms with Crippen molar-refractivity contribution in [1.82, 2.24) is 0 Å². The molecule has 7 heteroatoms. The van der Waals surface area contributed by atoms with Crippen LogP contribution < -0.4 is 9.47 Å². The number of hydrogen-bond acceptors (Lipinski definition) is 5. The Morgan fingerprint density at radius 1 is 1.50 bits per heavy atom. The minimum atomic E-state index is -1.14. The summed E-state index contributed by atoms with van der Waals surface area (Å²) in [5.74, 6) is -0.750. The van der Waals surface area contributed by atoms with Gasteiger partial charge in [-0.05, 0) is 6.07 Å². The highest BCUT2D eigenvalue weighted by Crippen LogP contribution is 2.34. The zero-order valence-electron chi connectivity index (χ0n) is 7.95. The lowest BCUT2D eigenvalue weighted by Crippen LogP contribution is -2.36. The third-order valence-electron chi connectivity index (χ3n) is 2.07. The van der Waals surface area contributed by atoms with Crippen molar-refractivity contribution in [2.24, 2.45) is 0 Å². The molecule has 16 heavy (non-hydrogen) atoms. The molecule has 7 nitrogen and oxygen atoms in total. The van der Waals surface area contributed by atoms with Gasteiger partial charge < -0.3 is 14.6 Å². The van der Waals surface area contributed by atoms with Crippen LogP contribution in [-0.2, 0) is 4.79 Å². The van der Waals surface area contributed by atoms with E-state index in [1.165, 1.54) is 18.2 Å². The number of nitro benzene ring substituents is 1. The van der Waals surface area contributed by atoms with E-state index in [4.69, 9.17) is 14.6 Å². The average Bonchev–Trinajstić information content (AvgIpc) is 2.27. The lowest BCUT2D eigenvalue weighted by molar-refractivity contribution is -0.385. The summed E-state index contributed by atoms with van der Waals surface area (Å²) in [6, 6.07) is 3.75. The number of non-ortho nitro benzene ring substituents is 1. The molecular weight excluding hydrogens is 218 g/mol. The van der Waals surface area contributed by atoms with Crippen LogP contribution in [0.25, 0.3) is 0 Å². The molecule has 1 aliphatic heterocycles. The molecule has 1 aliphatic rings. The van der Waals surface area contributed by atoms with Crippen molar-refractivity contribution in [3.8, 4) is 11.5 Å². The maximum absolute atomic E-state index is 10.6. The Balaban J connectivity index is 2.29. The van der Waals surface area contributed by atoms with Gasteiger partial charge in [0.25, 0.3) is 5.69 Å². The van der Waals surface area contributed by atoms with E-state index >= 15 is 0 Å². The van der Waals surface area contributed by atoms with Gasteiger partial charge in [0.05, 0.1) is 11.0 Å². The highest BCUT2D eigenvalue weighted by atomic mass is 16.6. The van der Waals surface area contributed by atoms with Gasteiger partial charge >= 0.3 is 5.97 Å². The minimum Gasteiger partial charge on any atom is -0.485 e. The predicted octanol–water partition coefficient (Wildman–Crippen LogP) is 0.819. The second kappa shape index (κ2) is 3.69. The van der Waals surface area contributed by atoms with Crippen molar-refractivity contribution >= 4 is 11.7 Å². The third-order valence-corrected chi connectivity index (χ3v) is 2.07. The maximum Gasteiger partial charge on any atom is 0.348 e. The number of ether oxygens (including phenoxy) is 2. The molecule has 0 bridgehead atoms. The van der Waals surface area contributed by atoms with E-state index in [9.17, 15) is 14.9 Å². The Hall–Kier alpha value is -2.31. The lowest BCUT2D eigenvalue weighted by atomic mass is 10.2. The molecule has 0 aromatic heterocycles. The monoisotopic (exact) mass is 225 g/mol. The summed E-state index contributed by atoms with van der Waals surface area (Å²) in [7, 11) is 0. The van der Waals surface area contributed by atoms with Crippen LogP contribution in [-0.4, -0.2) is 28.7 Å². The largest absolute Gasteiger partial charge is 0.485 e. The number of fused-ring (bicyclic) bond motifs is 1. The Bertz CT molecular complexity index is 457. The van der Waals surface area contributed by atoms with Gasteiger partial charge in [-0.1, -0.05) is 0 Å². The van der Waals surface area contributed by atoms with Gasteiger partial charge in [-0.3, -0.25) is 10.1 Å². The number of nitro groups is 1. The maximum atomic E-state index is 10.6. The first kappa shape index (κ1) is 10.2. The molecule has 0 aliphatic carbocycles. The smallest absolute Gasteiger partial charge is 0.348 e. The lowest BCUT2D eigenvalue weighted by Gasteiger charge is -2.23. The zero-order chi connectivity index (χ0) is 11.7. The van der Waals surface area contributed by atoms with E-state index in [2.05, 4.69) is 0 Å². The normalized spacial score (nSPS) is 17.9. The number of hydrogen-bond donors (Lipinski definition) is 1. The molecule has 1 heterocycles. The molecule has 0 saturated heterocycles. The molecule has 1 atom stereocenters. The standard InChI is InChI=1S/C9H7NO6/c11-9(12)8-4-15-7-3-5(10(13)14)1-2-6(7)16-8/h1-3,8H,4H2,(H,11,12). The number of nitrogens with zero attached hydrogens (tertiary/aromatic N) is 1. The molecule has 0 spiro atoms. The summed E-state index contributed by atoms with van der Waals surface area (Å²) >= 11 is 0. The summed E-state index contributed by atoms with van der Waals surface area (Å²) in [4.78, 5) is 20.5. The topological polar surface area (TPSA) is 98.9 Å². The van der Waals surface area contributed by atoms with Crippen molar-refractivity contribution in [2.75, 3.05) is 6.61 Å². The van der Waals surface area contributed by atoms with Crippen LogP contribution in [0.4, 0.5) is 5.69 Å². The van der Waals surface area contributed by atoms with Crippen molar-refractivity contribution < 1.29 is 24.3 Å². The van der Waals surface area contributed by atoms with Crippen molar-refractivity contribution in [2.45, 2.75) is 6.10 Å². The molecule has 84 valence electrons. The van der Waals surface area contributed by atoms with E-state index in [0.29, 0.717) is 0 Å². The zero-order valence-corrected chi connectivity index (χ0v) is 7.95. The summed E-state index contributed by atoms with van der Waals surface area (Å²) < 4.78 is 10.2.